The van der Waals surface area contributed by atoms with Gasteiger partial charge in [0.25, 0.3) is 0 Å². The van der Waals surface area contributed by atoms with E-state index in [-0.39, 0.29) is 67.1 Å². The number of halogens is 3. The van der Waals surface area contributed by atoms with E-state index in [4.69, 9.17) is 4.42 Å². The highest BCUT2D eigenvalue weighted by Crippen LogP contribution is 2.35. The number of carboxylic acid groups (broad SMARTS) is 1. The van der Waals surface area contributed by atoms with Gasteiger partial charge in [0.15, 0.2) is 17.3 Å². The SMILES string of the molecule is C[C@@H]1CCC(=O)N(C[C@H](CC(O)N2CCc3c(nc(-c4ccco4)nc3C(F)(F)F)C2)NC(=O)O)C1. The number of carbonyl (C=O) groups is 2. The summed E-state index contributed by atoms with van der Waals surface area (Å²) >= 11 is 0. The van der Waals surface area contributed by atoms with E-state index in [0.29, 0.717) is 13.0 Å². The van der Waals surface area contributed by atoms with Crippen LogP contribution in [0.1, 0.15) is 43.1 Å². The molecule has 3 N–H and O–H groups in total. The van der Waals surface area contributed by atoms with Gasteiger partial charge < -0.3 is 24.8 Å². The first-order valence-electron chi connectivity index (χ1n) is 11.7. The maximum atomic E-state index is 13.7. The Morgan fingerprint density at radius 1 is 1.33 bits per heavy atom. The fourth-order valence-corrected chi connectivity index (χ4v) is 4.75. The molecule has 2 aliphatic rings. The molecule has 0 aromatic carbocycles. The van der Waals surface area contributed by atoms with E-state index >= 15 is 0 Å². The number of furan rings is 1. The minimum atomic E-state index is -4.69. The third-order valence-electron chi connectivity index (χ3n) is 6.53. The average Bonchev–Trinajstić information content (AvgIpc) is 3.34. The molecule has 13 heteroatoms. The van der Waals surface area contributed by atoms with Crippen LogP contribution >= 0.6 is 0 Å². The van der Waals surface area contributed by atoms with Crippen molar-refractivity contribution < 1.29 is 37.4 Å². The van der Waals surface area contributed by atoms with Gasteiger partial charge in [-0.25, -0.2) is 14.8 Å². The zero-order chi connectivity index (χ0) is 26.0. The van der Waals surface area contributed by atoms with Crippen LogP contribution in [0, 0.1) is 5.92 Å². The van der Waals surface area contributed by atoms with Crippen molar-refractivity contribution in [2.45, 2.75) is 57.6 Å². The number of fused-ring (bicyclic) bond motifs is 1. The van der Waals surface area contributed by atoms with Crippen molar-refractivity contribution in [1.29, 1.82) is 0 Å². The summed E-state index contributed by atoms with van der Waals surface area (Å²) in [5, 5.41) is 22.5. The Labute approximate surface area is 205 Å². The summed E-state index contributed by atoms with van der Waals surface area (Å²) in [5.41, 5.74) is -0.942. The van der Waals surface area contributed by atoms with Crippen LogP contribution in [-0.4, -0.2) is 73.9 Å². The van der Waals surface area contributed by atoms with Gasteiger partial charge in [0, 0.05) is 44.6 Å². The molecule has 2 aromatic rings. The molecule has 1 fully saturated rings. The molecule has 0 bridgehead atoms. The summed E-state index contributed by atoms with van der Waals surface area (Å²) in [6, 6.07) is 2.22. The fraction of sp³-hybridized carbons (Fsp3) is 0.565. The van der Waals surface area contributed by atoms with E-state index in [2.05, 4.69) is 15.3 Å². The Morgan fingerprint density at radius 2 is 2.11 bits per heavy atom. The molecule has 10 nitrogen and oxygen atoms in total. The molecule has 0 spiro atoms. The monoisotopic (exact) mass is 511 g/mol. The topological polar surface area (TPSA) is 132 Å². The second-order valence-corrected chi connectivity index (χ2v) is 9.32. The van der Waals surface area contributed by atoms with E-state index in [1.54, 1.807) is 9.80 Å². The fourth-order valence-electron chi connectivity index (χ4n) is 4.75. The van der Waals surface area contributed by atoms with E-state index < -0.39 is 30.2 Å². The van der Waals surface area contributed by atoms with Crippen LogP contribution in [0.4, 0.5) is 18.0 Å². The van der Waals surface area contributed by atoms with E-state index in [0.717, 1.165) is 6.42 Å². The number of aromatic nitrogens is 2. The number of carbonyl (C=O) groups excluding carboxylic acids is 1. The van der Waals surface area contributed by atoms with E-state index in [9.17, 15) is 33.0 Å². The molecule has 4 rings (SSSR count). The second-order valence-electron chi connectivity index (χ2n) is 9.32. The quantitative estimate of drug-likeness (QED) is 0.517. The lowest BCUT2D eigenvalue weighted by Crippen LogP contribution is -2.51. The molecular weight excluding hydrogens is 483 g/mol. The Balaban J connectivity index is 1.52. The third kappa shape index (κ3) is 5.95. The highest BCUT2D eigenvalue weighted by molar-refractivity contribution is 5.77. The van der Waals surface area contributed by atoms with Gasteiger partial charge in [0.2, 0.25) is 5.91 Å². The molecule has 196 valence electrons. The summed E-state index contributed by atoms with van der Waals surface area (Å²) in [6.45, 7) is 2.61. The van der Waals surface area contributed by atoms with Gasteiger partial charge in [-0.3, -0.25) is 9.69 Å². The molecule has 0 saturated carbocycles. The van der Waals surface area contributed by atoms with Crippen LogP contribution in [0.3, 0.4) is 0 Å². The lowest BCUT2D eigenvalue weighted by molar-refractivity contribution is -0.142. The van der Waals surface area contributed by atoms with Crippen LogP contribution in [-0.2, 0) is 23.9 Å². The number of nitrogens with zero attached hydrogens (tertiary/aromatic N) is 4. The van der Waals surface area contributed by atoms with Crippen molar-refractivity contribution in [2.24, 2.45) is 5.92 Å². The van der Waals surface area contributed by atoms with Gasteiger partial charge >= 0.3 is 12.3 Å². The first kappa shape index (κ1) is 25.9. The number of aliphatic hydroxyl groups excluding tert-OH is 1. The minimum Gasteiger partial charge on any atom is -0.465 e. The molecule has 2 aliphatic heterocycles. The molecule has 1 unspecified atom stereocenters. The van der Waals surface area contributed by atoms with Crippen LogP contribution in [0.25, 0.3) is 11.6 Å². The summed E-state index contributed by atoms with van der Waals surface area (Å²) in [4.78, 5) is 34.8. The zero-order valence-corrected chi connectivity index (χ0v) is 19.7. The highest BCUT2D eigenvalue weighted by atomic mass is 19.4. The van der Waals surface area contributed by atoms with E-state index in [1.165, 1.54) is 18.4 Å². The van der Waals surface area contributed by atoms with Gasteiger partial charge in [0.1, 0.15) is 6.23 Å². The number of likely N-dealkylation sites (tertiary alicyclic amines) is 1. The second kappa shape index (κ2) is 10.4. The van der Waals surface area contributed by atoms with Gasteiger partial charge in [-0.1, -0.05) is 6.92 Å². The number of alkyl halides is 3. The lowest BCUT2D eigenvalue weighted by atomic mass is 9.98. The molecular formula is C23H28F3N5O5. The molecule has 0 aliphatic carbocycles. The number of amides is 2. The number of hydrogen-bond donors (Lipinski definition) is 3. The summed E-state index contributed by atoms with van der Waals surface area (Å²) in [5.74, 6) is 0.0915. The number of nitrogens with one attached hydrogen (secondary N) is 1. The minimum absolute atomic E-state index is 0.0330. The molecule has 36 heavy (non-hydrogen) atoms. The Morgan fingerprint density at radius 3 is 2.78 bits per heavy atom. The van der Waals surface area contributed by atoms with Gasteiger partial charge in [-0.2, -0.15) is 13.2 Å². The Kier molecular flexibility index (Phi) is 7.50. The summed E-state index contributed by atoms with van der Waals surface area (Å²) < 4.78 is 46.4. The van der Waals surface area contributed by atoms with Crippen LogP contribution in [0.5, 0.6) is 0 Å². The molecule has 3 atom stereocenters. The largest absolute Gasteiger partial charge is 0.465 e. The Hall–Kier alpha value is -3.19. The van der Waals surface area contributed by atoms with Crippen LogP contribution < -0.4 is 5.32 Å². The highest BCUT2D eigenvalue weighted by Gasteiger charge is 2.40. The molecule has 2 amide bonds. The number of piperidine rings is 1. The number of rotatable bonds is 7. The van der Waals surface area contributed by atoms with Gasteiger partial charge in [-0.05, 0) is 30.9 Å². The van der Waals surface area contributed by atoms with Crippen LogP contribution in [0.2, 0.25) is 0 Å². The summed E-state index contributed by atoms with van der Waals surface area (Å²) in [6.07, 6.45) is -4.80. The maximum Gasteiger partial charge on any atom is 0.433 e. The standard InChI is InChI=1S/C23H28F3N5O5/c1-13-4-5-18(32)31(10-13)11-14(27-22(34)35)9-19(33)30-7-6-15-16(12-30)28-21(17-3-2-8-36-17)29-20(15)23(24,25)26/h2-3,8,13-14,19,27,33H,4-7,9-12H2,1H3,(H,34,35)/t13-,14+,19?/m1/s1. The number of aliphatic hydroxyl groups is 1. The lowest BCUT2D eigenvalue weighted by Gasteiger charge is -2.37. The smallest absolute Gasteiger partial charge is 0.433 e. The normalized spacial score (nSPS) is 20.6. The number of hydrogen-bond acceptors (Lipinski definition) is 7. The molecule has 1 saturated heterocycles. The predicted molar refractivity (Wildman–Crippen MR) is 119 cm³/mol. The Bertz CT molecular complexity index is 1090. The van der Waals surface area contributed by atoms with E-state index in [1.807, 2.05) is 6.92 Å². The molecule has 4 heterocycles. The zero-order valence-electron chi connectivity index (χ0n) is 19.7. The first-order valence-corrected chi connectivity index (χ1v) is 11.7. The molecule has 0 radical (unpaired) electrons. The van der Waals surface area contributed by atoms with Gasteiger partial charge in [0.05, 0.1) is 18.0 Å². The first-order chi connectivity index (χ1) is 17.0. The van der Waals surface area contributed by atoms with Crippen molar-refractivity contribution in [3.8, 4) is 11.6 Å². The van der Waals surface area contributed by atoms with Crippen molar-refractivity contribution in [3.63, 3.8) is 0 Å². The van der Waals surface area contributed by atoms with Crippen molar-refractivity contribution in [3.05, 3.63) is 35.3 Å². The van der Waals surface area contributed by atoms with Crippen molar-refractivity contribution in [2.75, 3.05) is 19.6 Å². The third-order valence-corrected chi connectivity index (χ3v) is 6.53. The van der Waals surface area contributed by atoms with Gasteiger partial charge in [-0.15, -0.1) is 0 Å². The molecule has 2 aromatic heterocycles. The maximum absolute atomic E-state index is 13.7. The van der Waals surface area contributed by atoms with Crippen molar-refractivity contribution >= 4 is 12.0 Å². The van der Waals surface area contributed by atoms with Crippen LogP contribution in [0.15, 0.2) is 22.8 Å². The summed E-state index contributed by atoms with van der Waals surface area (Å²) in [7, 11) is 0. The average molecular weight is 512 g/mol. The predicted octanol–water partition coefficient (Wildman–Crippen LogP) is 2.72. The van der Waals surface area contributed by atoms with Crippen molar-refractivity contribution in [1.82, 2.24) is 25.1 Å².